The second-order valence-corrected chi connectivity index (χ2v) is 3.78. The molecule has 19 heavy (non-hydrogen) atoms. The minimum absolute atomic E-state index is 0.0296. The van der Waals surface area contributed by atoms with Crippen LogP contribution in [-0.4, -0.2) is 24.5 Å². The van der Waals surface area contributed by atoms with Gasteiger partial charge in [-0.1, -0.05) is 12.1 Å². The van der Waals surface area contributed by atoms with E-state index in [1.165, 1.54) is 24.3 Å². The molecule has 104 valence electrons. The number of nitrogens with one attached hydrogen (secondary N) is 2. The third-order valence-corrected chi connectivity index (χ3v) is 2.21. The van der Waals surface area contributed by atoms with Gasteiger partial charge in [-0.15, -0.1) is 0 Å². The van der Waals surface area contributed by atoms with Gasteiger partial charge in [0.2, 0.25) is 5.91 Å². The molecule has 1 rings (SSSR count). The molecule has 1 aromatic carbocycles. The molecule has 0 heterocycles. The van der Waals surface area contributed by atoms with Crippen LogP contribution in [0.15, 0.2) is 24.3 Å². The standard InChI is InChI=1S/C12H13F3N2O2/c1-2-16-10(18)7-8-3-5-9(6-4-8)17-11(19)12(13,14)15/h3-6H,2,7H2,1H3,(H,16,18)(H,17,19). The van der Waals surface area contributed by atoms with Gasteiger partial charge in [0.05, 0.1) is 6.42 Å². The zero-order chi connectivity index (χ0) is 14.5. The molecule has 0 radical (unpaired) electrons. The summed E-state index contributed by atoms with van der Waals surface area (Å²) < 4.78 is 36.0. The predicted molar refractivity (Wildman–Crippen MR) is 63.5 cm³/mol. The number of hydrogen-bond acceptors (Lipinski definition) is 2. The largest absolute Gasteiger partial charge is 0.471 e. The van der Waals surface area contributed by atoms with Gasteiger partial charge >= 0.3 is 12.1 Å². The summed E-state index contributed by atoms with van der Waals surface area (Å²) in [6.45, 7) is 2.30. The molecule has 0 atom stereocenters. The molecule has 0 unspecified atom stereocenters. The summed E-state index contributed by atoms with van der Waals surface area (Å²) in [5.41, 5.74) is 0.679. The van der Waals surface area contributed by atoms with Crippen molar-refractivity contribution in [3.8, 4) is 0 Å². The Morgan fingerprint density at radius 3 is 2.21 bits per heavy atom. The molecule has 0 saturated carbocycles. The first-order valence-corrected chi connectivity index (χ1v) is 5.56. The Balaban J connectivity index is 2.62. The fourth-order valence-corrected chi connectivity index (χ4v) is 1.35. The summed E-state index contributed by atoms with van der Waals surface area (Å²) in [5, 5.41) is 4.33. The van der Waals surface area contributed by atoms with Gasteiger partial charge in [-0.05, 0) is 24.6 Å². The van der Waals surface area contributed by atoms with Crippen molar-refractivity contribution in [2.24, 2.45) is 0 Å². The molecule has 2 N–H and O–H groups in total. The van der Waals surface area contributed by atoms with Crippen molar-refractivity contribution in [1.29, 1.82) is 0 Å². The zero-order valence-electron chi connectivity index (χ0n) is 10.2. The van der Waals surface area contributed by atoms with Gasteiger partial charge < -0.3 is 10.6 Å². The van der Waals surface area contributed by atoms with Crippen LogP contribution in [0.3, 0.4) is 0 Å². The number of rotatable bonds is 4. The summed E-state index contributed by atoms with van der Waals surface area (Å²) in [5.74, 6) is -2.20. The lowest BCUT2D eigenvalue weighted by Gasteiger charge is -2.08. The average Bonchev–Trinajstić information content (AvgIpc) is 2.30. The SMILES string of the molecule is CCNC(=O)Cc1ccc(NC(=O)C(F)(F)F)cc1. The molecule has 0 bridgehead atoms. The molecule has 0 saturated heterocycles. The van der Waals surface area contributed by atoms with Crippen molar-refractivity contribution in [3.05, 3.63) is 29.8 Å². The van der Waals surface area contributed by atoms with Gasteiger partial charge in [0.25, 0.3) is 0 Å². The molecule has 0 aliphatic carbocycles. The molecular formula is C12H13F3N2O2. The maximum absolute atomic E-state index is 12.0. The van der Waals surface area contributed by atoms with Crippen molar-refractivity contribution >= 4 is 17.5 Å². The van der Waals surface area contributed by atoms with E-state index in [-0.39, 0.29) is 18.0 Å². The number of carbonyl (C=O) groups is 2. The second-order valence-electron chi connectivity index (χ2n) is 3.78. The molecule has 0 aliphatic heterocycles. The third kappa shape index (κ3) is 4.99. The Bertz CT molecular complexity index is 455. The number of alkyl halides is 3. The summed E-state index contributed by atoms with van der Waals surface area (Å²) in [6.07, 6.45) is -4.78. The van der Waals surface area contributed by atoms with Crippen LogP contribution in [0.5, 0.6) is 0 Å². The number of likely N-dealkylation sites (N-methyl/N-ethyl adjacent to an activating group) is 1. The quantitative estimate of drug-likeness (QED) is 0.880. The fraction of sp³-hybridized carbons (Fsp3) is 0.333. The van der Waals surface area contributed by atoms with E-state index in [1.807, 2.05) is 0 Å². The highest BCUT2D eigenvalue weighted by Crippen LogP contribution is 2.18. The Morgan fingerprint density at radius 2 is 1.74 bits per heavy atom. The van der Waals surface area contributed by atoms with E-state index in [9.17, 15) is 22.8 Å². The number of benzene rings is 1. The number of anilines is 1. The Kier molecular flexibility index (Phi) is 4.91. The second kappa shape index (κ2) is 6.21. The van der Waals surface area contributed by atoms with Gasteiger partial charge in [0, 0.05) is 12.2 Å². The summed E-state index contributed by atoms with van der Waals surface area (Å²) >= 11 is 0. The Hall–Kier alpha value is -2.05. The van der Waals surface area contributed by atoms with Gasteiger partial charge in [-0.25, -0.2) is 0 Å². The van der Waals surface area contributed by atoms with Crippen molar-refractivity contribution in [1.82, 2.24) is 5.32 Å². The minimum Gasteiger partial charge on any atom is -0.356 e. The van der Waals surface area contributed by atoms with Crippen LogP contribution in [0.25, 0.3) is 0 Å². The third-order valence-electron chi connectivity index (χ3n) is 2.21. The Labute approximate surface area is 108 Å². The van der Waals surface area contributed by atoms with Crippen LogP contribution in [-0.2, 0) is 16.0 Å². The monoisotopic (exact) mass is 274 g/mol. The zero-order valence-corrected chi connectivity index (χ0v) is 10.2. The van der Waals surface area contributed by atoms with Crippen LogP contribution in [0.4, 0.5) is 18.9 Å². The van der Waals surface area contributed by atoms with E-state index in [0.717, 1.165) is 0 Å². The van der Waals surface area contributed by atoms with E-state index in [0.29, 0.717) is 12.1 Å². The summed E-state index contributed by atoms with van der Waals surface area (Å²) in [6, 6.07) is 5.61. The molecule has 1 aromatic rings. The maximum atomic E-state index is 12.0. The highest BCUT2D eigenvalue weighted by molar-refractivity contribution is 5.94. The first-order valence-electron chi connectivity index (χ1n) is 5.56. The van der Waals surface area contributed by atoms with E-state index >= 15 is 0 Å². The van der Waals surface area contributed by atoms with Crippen molar-refractivity contribution in [2.75, 3.05) is 11.9 Å². The van der Waals surface area contributed by atoms with E-state index in [1.54, 1.807) is 12.2 Å². The summed E-state index contributed by atoms with van der Waals surface area (Å²) in [7, 11) is 0. The molecule has 4 nitrogen and oxygen atoms in total. The molecule has 0 aliphatic rings. The van der Waals surface area contributed by atoms with Crippen LogP contribution < -0.4 is 10.6 Å². The van der Waals surface area contributed by atoms with E-state index in [4.69, 9.17) is 0 Å². The van der Waals surface area contributed by atoms with E-state index < -0.39 is 12.1 Å². The number of carbonyl (C=O) groups excluding carboxylic acids is 2. The normalized spacial score (nSPS) is 10.9. The molecular weight excluding hydrogens is 261 g/mol. The van der Waals surface area contributed by atoms with Gasteiger partial charge in [0.1, 0.15) is 0 Å². The lowest BCUT2D eigenvalue weighted by Crippen LogP contribution is -2.29. The van der Waals surface area contributed by atoms with Gasteiger partial charge in [-0.3, -0.25) is 9.59 Å². The van der Waals surface area contributed by atoms with Crippen LogP contribution in [0.1, 0.15) is 12.5 Å². The number of amides is 2. The fourth-order valence-electron chi connectivity index (χ4n) is 1.35. The first-order chi connectivity index (χ1) is 8.82. The lowest BCUT2D eigenvalue weighted by molar-refractivity contribution is -0.167. The molecule has 0 fully saturated rings. The molecule has 0 spiro atoms. The van der Waals surface area contributed by atoms with Crippen molar-refractivity contribution in [3.63, 3.8) is 0 Å². The smallest absolute Gasteiger partial charge is 0.356 e. The Morgan fingerprint density at radius 1 is 1.16 bits per heavy atom. The predicted octanol–water partition coefficient (Wildman–Crippen LogP) is 1.87. The van der Waals surface area contributed by atoms with Crippen LogP contribution in [0.2, 0.25) is 0 Å². The van der Waals surface area contributed by atoms with Crippen molar-refractivity contribution in [2.45, 2.75) is 19.5 Å². The maximum Gasteiger partial charge on any atom is 0.471 e. The van der Waals surface area contributed by atoms with Crippen LogP contribution >= 0.6 is 0 Å². The molecule has 7 heteroatoms. The lowest BCUT2D eigenvalue weighted by atomic mass is 10.1. The minimum atomic E-state index is -4.92. The van der Waals surface area contributed by atoms with Crippen LogP contribution in [0, 0.1) is 0 Å². The molecule has 2 amide bonds. The first kappa shape index (κ1) is 15.0. The summed E-state index contributed by atoms with van der Waals surface area (Å²) in [4.78, 5) is 22.0. The average molecular weight is 274 g/mol. The topological polar surface area (TPSA) is 58.2 Å². The molecule has 0 aromatic heterocycles. The number of halogens is 3. The van der Waals surface area contributed by atoms with E-state index in [2.05, 4.69) is 5.32 Å². The van der Waals surface area contributed by atoms with Crippen molar-refractivity contribution < 1.29 is 22.8 Å². The number of hydrogen-bond donors (Lipinski definition) is 2. The van der Waals surface area contributed by atoms with Gasteiger partial charge in [0.15, 0.2) is 0 Å². The highest BCUT2D eigenvalue weighted by Gasteiger charge is 2.38. The highest BCUT2D eigenvalue weighted by atomic mass is 19.4. The van der Waals surface area contributed by atoms with Gasteiger partial charge in [-0.2, -0.15) is 13.2 Å².